The third kappa shape index (κ3) is 7.58. The van der Waals surface area contributed by atoms with Crippen molar-refractivity contribution in [1.29, 1.82) is 0 Å². The summed E-state index contributed by atoms with van der Waals surface area (Å²) in [4.78, 5) is 1.30. The molecule has 0 saturated heterocycles. The first-order valence-corrected chi connectivity index (χ1v) is 4.81. The van der Waals surface area contributed by atoms with Gasteiger partial charge in [-0.25, -0.2) is 0 Å². The molecule has 6 heteroatoms. The highest BCUT2D eigenvalue weighted by Crippen LogP contribution is 2.17. The van der Waals surface area contributed by atoms with E-state index in [1.807, 2.05) is 0 Å². The Morgan fingerprint density at radius 3 is 2.20 bits per heavy atom. The van der Waals surface area contributed by atoms with Gasteiger partial charge in [-0.1, -0.05) is 0 Å². The van der Waals surface area contributed by atoms with Crippen LogP contribution in [0.3, 0.4) is 0 Å². The number of methoxy groups -OCH3 is 1. The molecule has 0 heterocycles. The van der Waals surface area contributed by atoms with Gasteiger partial charge < -0.3 is 10.5 Å². The highest BCUT2D eigenvalue weighted by Gasteiger charge is 2.32. The molecule has 0 fully saturated rings. The molecule has 0 radical (unpaired) electrons. The Kier molecular flexibility index (Phi) is 6.16. The van der Waals surface area contributed by atoms with Gasteiger partial charge in [-0.15, -0.1) is 0 Å². The molecule has 2 N–H and O–H groups in total. The molecule has 0 spiro atoms. The lowest BCUT2D eigenvalue weighted by Crippen LogP contribution is -2.47. The maximum atomic E-state index is 12.2. The third-order valence-corrected chi connectivity index (χ3v) is 1.96. The van der Waals surface area contributed by atoms with Gasteiger partial charge in [0.05, 0.1) is 13.2 Å². The molecule has 15 heavy (non-hydrogen) atoms. The van der Waals surface area contributed by atoms with Crippen molar-refractivity contribution >= 4 is 0 Å². The van der Waals surface area contributed by atoms with Crippen LogP contribution in [0.25, 0.3) is 0 Å². The van der Waals surface area contributed by atoms with Crippen molar-refractivity contribution in [3.63, 3.8) is 0 Å². The summed E-state index contributed by atoms with van der Waals surface area (Å²) >= 11 is 0. The lowest BCUT2D eigenvalue weighted by molar-refractivity contribution is -0.150. The molecule has 1 atom stereocenters. The Labute approximate surface area is 88.4 Å². The van der Waals surface area contributed by atoms with Crippen LogP contribution in [0.5, 0.6) is 0 Å². The largest absolute Gasteiger partial charge is 0.401 e. The maximum Gasteiger partial charge on any atom is 0.401 e. The normalized spacial score (nSPS) is 15.0. The van der Waals surface area contributed by atoms with Gasteiger partial charge in [0.25, 0.3) is 0 Å². The molecule has 0 amide bonds. The van der Waals surface area contributed by atoms with Crippen LogP contribution in [0.1, 0.15) is 13.8 Å². The average molecular weight is 228 g/mol. The van der Waals surface area contributed by atoms with E-state index in [0.717, 1.165) is 0 Å². The predicted molar refractivity (Wildman–Crippen MR) is 52.6 cm³/mol. The van der Waals surface area contributed by atoms with Gasteiger partial charge in [-0.3, -0.25) is 4.90 Å². The van der Waals surface area contributed by atoms with E-state index in [2.05, 4.69) is 0 Å². The van der Waals surface area contributed by atoms with Crippen LogP contribution < -0.4 is 5.73 Å². The molecule has 92 valence electrons. The van der Waals surface area contributed by atoms with Crippen LogP contribution >= 0.6 is 0 Å². The fourth-order valence-electron chi connectivity index (χ4n) is 1.26. The van der Waals surface area contributed by atoms with Crippen molar-refractivity contribution in [2.75, 3.05) is 26.8 Å². The molecule has 1 unspecified atom stereocenters. The number of nitrogens with zero attached hydrogens (tertiary/aromatic N) is 1. The Hall–Kier alpha value is -0.330. The van der Waals surface area contributed by atoms with Gasteiger partial charge >= 0.3 is 6.18 Å². The Morgan fingerprint density at radius 1 is 1.33 bits per heavy atom. The fourth-order valence-corrected chi connectivity index (χ4v) is 1.26. The molecule has 0 aliphatic carbocycles. The second kappa shape index (κ2) is 6.30. The third-order valence-electron chi connectivity index (χ3n) is 1.96. The molecule has 0 aliphatic rings. The topological polar surface area (TPSA) is 38.5 Å². The summed E-state index contributed by atoms with van der Waals surface area (Å²) in [6, 6.07) is -0.575. The zero-order valence-electron chi connectivity index (χ0n) is 9.34. The van der Waals surface area contributed by atoms with Crippen LogP contribution in [0.4, 0.5) is 13.2 Å². The molecule has 0 aliphatic heterocycles. The van der Waals surface area contributed by atoms with Gasteiger partial charge in [0, 0.05) is 25.7 Å². The lowest BCUT2D eigenvalue weighted by atomic mass is 10.2. The van der Waals surface area contributed by atoms with E-state index in [0.29, 0.717) is 0 Å². The lowest BCUT2D eigenvalue weighted by Gasteiger charge is -2.29. The first kappa shape index (κ1) is 14.7. The monoisotopic (exact) mass is 228 g/mol. The number of alkyl halides is 3. The minimum atomic E-state index is -4.18. The van der Waals surface area contributed by atoms with Gasteiger partial charge in [-0.05, 0) is 13.8 Å². The van der Waals surface area contributed by atoms with Crippen molar-refractivity contribution in [2.24, 2.45) is 5.73 Å². The molecule has 0 saturated carbocycles. The van der Waals surface area contributed by atoms with Crippen molar-refractivity contribution in [3.05, 3.63) is 0 Å². The second-order valence-electron chi connectivity index (χ2n) is 3.85. The molecule has 0 aromatic heterocycles. The number of nitrogens with two attached hydrogens (primary N) is 1. The van der Waals surface area contributed by atoms with Crippen LogP contribution in [0, 0.1) is 0 Å². The van der Waals surface area contributed by atoms with Crippen molar-refractivity contribution in [1.82, 2.24) is 4.90 Å². The van der Waals surface area contributed by atoms with E-state index < -0.39 is 12.7 Å². The van der Waals surface area contributed by atoms with Crippen LogP contribution in [-0.2, 0) is 4.74 Å². The summed E-state index contributed by atoms with van der Waals surface area (Å²) < 4.78 is 41.3. The van der Waals surface area contributed by atoms with E-state index in [9.17, 15) is 13.2 Å². The van der Waals surface area contributed by atoms with Crippen LogP contribution in [-0.4, -0.2) is 50.0 Å². The van der Waals surface area contributed by atoms with Crippen molar-refractivity contribution < 1.29 is 17.9 Å². The van der Waals surface area contributed by atoms with E-state index in [-0.39, 0.29) is 25.2 Å². The van der Waals surface area contributed by atoms with Gasteiger partial charge in [0.2, 0.25) is 0 Å². The summed E-state index contributed by atoms with van der Waals surface area (Å²) in [5.41, 5.74) is 5.61. The Balaban J connectivity index is 4.16. The highest BCUT2D eigenvalue weighted by molar-refractivity contribution is 4.73. The number of hydrogen-bond donors (Lipinski definition) is 1. The first-order chi connectivity index (χ1) is 6.76. The average Bonchev–Trinajstić information content (AvgIpc) is 2.00. The van der Waals surface area contributed by atoms with Crippen molar-refractivity contribution in [3.8, 4) is 0 Å². The zero-order valence-corrected chi connectivity index (χ0v) is 9.34. The summed E-state index contributed by atoms with van der Waals surface area (Å²) in [7, 11) is 1.48. The Bertz CT molecular complexity index is 173. The molecule has 0 bridgehead atoms. The molecule has 0 rings (SSSR count). The summed E-state index contributed by atoms with van der Waals surface area (Å²) in [5.74, 6) is 0. The quantitative estimate of drug-likeness (QED) is 0.743. The molecule has 3 nitrogen and oxygen atoms in total. The van der Waals surface area contributed by atoms with Crippen LogP contribution in [0.15, 0.2) is 0 Å². The maximum absolute atomic E-state index is 12.2. The smallest absolute Gasteiger partial charge is 0.383 e. The molecular weight excluding hydrogens is 209 g/mol. The predicted octanol–water partition coefficient (Wildman–Crippen LogP) is 1.23. The minimum Gasteiger partial charge on any atom is -0.383 e. The standard InChI is InChI=1S/C9H19F3N2O/c1-7(2)14(6-9(10,11)12)4-8(13)5-15-3/h7-8H,4-6,13H2,1-3H3. The van der Waals surface area contributed by atoms with E-state index in [1.165, 1.54) is 12.0 Å². The molecular formula is C9H19F3N2O. The van der Waals surface area contributed by atoms with Gasteiger partial charge in [-0.2, -0.15) is 13.2 Å². The minimum absolute atomic E-state index is 0.186. The number of rotatable bonds is 6. The first-order valence-electron chi connectivity index (χ1n) is 4.81. The SMILES string of the molecule is COCC(N)CN(CC(F)(F)F)C(C)C. The van der Waals surface area contributed by atoms with Crippen molar-refractivity contribution in [2.45, 2.75) is 32.1 Å². The fraction of sp³-hybridized carbons (Fsp3) is 1.00. The second-order valence-corrected chi connectivity index (χ2v) is 3.85. The number of halogens is 3. The number of hydrogen-bond acceptors (Lipinski definition) is 3. The van der Waals surface area contributed by atoms with Gasteiger partial charge in [0.1, 0.15) is 0 Å². The summed E-state index contributed by atoms with van der Waals surface area (Å²) in [5, 5.41) is 0. The summed E-state index contributed by atoms with van der Waals surface area (Å²) in [6.07, 6.45) is -4.18. The van der Waals surface area contributed by atoms with E-state index in [4.69, 9.17) is 10.5 Å². The highest BCUT2D eigenvalue weighted by atomic mass is 19.4. The molecule has 0 aromatic rings. The van der Waals surface area contributed by atoms with Gasteiger partial charge in [0.15, 0.2) is 0 Å². The Morgan fingerprint density at radius 2 is 1.87 bits per heavy atom. The van der Waals surface area contributed by atoms with E-state index >= 15 is 0 Å². The zero-order chi connectivity index (χ0) is 12.1. The summed E-state index contributed by atoms with van der Waals surface area (Å²) in [6.45, 7) is 2.95. The van der Waals surface area contributed by atoms with E-state index in [1.54, 1.807) is 13.8 Å². The molecule has 0 aromatic carbocycles. The van der Waals surface area contributed by atoms with Crippen LogP contribution in [0.2, 0.25) is 0 Å². The number of ether oxygens (including phenoxy) is 1.